The lowest BCUT2D eigenvalue weighted by Crippen LogP contribution is -2.52. The number of piperidine rings is 2. The van der Waals surface area contributed by atoms with Crippen LogP contribution in [0.15, 0.2) is 24.5 Å². The van der Waals surface area contributed by atoms with E-state index in [1.54, 1.807) is 0 Å². The minimum absolute atomic E-state index is 0.220. The molecule has 0 radical (unpaired) electrons. The molecule has 3 heterocycles. The van der Waals surface area contributed by atoms with Crippen molar-refractivity contribution in [3.05, 3.63) is 30.1 Å². The van der Waals surface area contributed by atoms with Crippen molar-refractivity contribution in [2.24, 2.45) is 5.92 Å². The highest BCUT2D eigenvalue weighted by molar-refractivity contribution is 5.79. The minimum Gasteiger partial charge on any atom is -0.340 e. The molecule has 1 amide bonds. The van der Waals surface area contributed by atoms with Crippen molar-refractivity contribution in [3.8, 4) is 0 Å². The zero-order valence-electron chi connectivity index (χ0n) is 18.1. The van der Waals surface area contributed by atoms with Gasteiger partial charge in [-0.2, -0.15) is 0 Å². The Morgan fingerprint density at radius 1 is 1.10 bits per heavy atom. The number of aromatic nitrogens is 1. The van der Waals surface area contributed by atoms with Gasteiger partial charge in [0.1, 0.15) is 0 Å². The van der Waals surface area contributed by atoms with Crippen molar-refractivity contribution >= 4 is 5.91 Å². The lowest BCUT2D eigenvalue weighted by Gasteiger charge is -2.43. The van der Waals surface area contributed by atoms with Gasteiger partial charge in [0.05, 0.1) is 5.92 Å². The van der Waals surface area contributed by atoms with E-state index in [0.29, 0.717) is 18.0 Å². The van der Waals surface area contributed by atoms with Gasteiger partial charge in [-0.3, -0.25) is 19.6 Å². The topological polar surface area (TPSA) is 39.7 Å². The summed E-state index contributed by atoms with van der Waals surface area (Å²) >= 11 is 0. The second kappa shape index (κ2) is 10.0. The Morgan fingerprint density at radius 2 is 1.90 bits per heavy atom. The van der Waals surface area contributed by atoms with Crippen molar-refractivity contribution in [3.63, 3.8) is 0 Å². The maximum Gasteiger partial charge on any atom is 0.227 e. The van der Waals surface area contributed by atoms with Gasteiger partial charge in [0.2, 0.25) is 5.91 Å². The molecule has 0 aromatic carbocycles. The summed E-state index contributed by atoms with van der Waals surface area (Å²) in [5.41, 5.74) is 1.31. The van der Waals surface area contributed by atoms with E-state index < -0.39 is 0 Å². The maximum atomic E-state index is 13.3. The number of amides is 1. The van der Waals surface area contributed by atoms with Gasteiger partial charge < -0.3 is 4.90 Å². The van der Waals surface area contributed by atoms with E-state index in [2.05, 4.69) is 32.7 Å². The van der Waals surface area contributed by atoms with Crippen LogP contribution in [0.2, 0.25) is 0 Å². The first kappa shape index (κ1) is 20.8. The summed E-state index contributed by atoms with van der Waals surface area (Å²) in [6.07, 6.45) is 13.5. The molecule has 160 valence electrons. The van der Waals surface area contributed by atoms with Crippen LogP contribution in [0.5, 0.6) is 0 Å². The van der Waals surface area contributed by atoms with Gasteiger partial charge in [0.15, 0.2) is 0 Å². The summed E-state index contributed by atoms with van der Waals surface area (Å²) in [6.45, 7) is 8.51. The van der Waals surface area contributed by atoms with Crippen LogP contribution in [0.3, 0.4) is 0 Å². The van der Waals surface area contributed by atoms with Gasteiger partial charge in [-0.25, -0.2) is 0 Å². The zero-order chi connectivity index (χ0) is 20.1. The predicted molar refractivity (Wildman–Crippen MR) is 116 cm³/mol. The first-order valence-corrected chi connectivity index (χ1v) is 11.9. The fraction of sp³-hybridized carbons (Fsp3) is 0.750. The smallest absolute Gasteiger partial charge is 0.227 e. The standard InChI is InChI=1S/C24H38N4O/c1-2-28(23-9-3-4-10-23)24(29)21-8-6-14-27(19-21)22-11-15-26(16-12-22)18-20-7-5-13-25-17-20/h5,7,13,17,21-23H,2-4,6,8-12,14-16,18-19H2,1H3/t21-/m0/s1. The molecule has 5 nitrogen and oxygen atoms in total. The van der Waals surface area contributed by atoms with Crippen molar-refractivity contribution < 1.29 is 4.79 Å². The lowest BCUT2D eigenvalue weighted by atomic mass is 9.92. The van der Waals surface area contributed by atoms with Crippen LogP contribution in [0.25, 0.3) is 0 Å². The molecule has 5 heteroatoms. The highest BCUT2D eigenvalue weighted by atomic mass is 16.2. The number of carbonyl (C=O) groups excluding carboxylic acids is 1. The monoisotopic (exact) mass is 398 g/mol. The molecule has 4 rings (SSSR count). The Bertz CT molecular complexity index is 638. The number of rotatable bonds is 6. The highest BCUT2D eigenvalue weighted by Crippen LogP contribution is 2.29. The molecule has 1 aliphatic carbocycles. The quantitative estimate of drug-likeness (QED) is 0.735. The number of likely N-dealkylation sites (tertiary alicyclic amines) is 2. The largest absolute Gasteiger partial charge is 0.340 e. The van der Waals surface area contributed by atoms with Gasteiger partial charge in [-0.1, -0.05) is 18.9 Å². The molecule has 0 spiro atoms. The predicted octanol–water partition coefficient (Wildman–Crippen LogP) is 3.55. The SMILES string of the molecule is CCN(C(=O)[C@H]1CCCN(C2CCN(Cc3cccnc3)CC2)C1)C1CCCC1. The number of nitrogens with zero attached hydrogens (tertiary/aromatic N) is 4. The summed E-state index contributed by atoms with van der Waals surface area (Å²) in [4.78, 5) is 25.0. The maximum absolute atomic E-state index is 13.3. The second-order valence-electron chi connectivity index (χ2n) is 9.27. The van der Waals surface area contributed by atoms with E-state index in [-0.39, 0.29) is 5.92 Å². The van der Waals surface area contributed by atoms with Crippen molar-refractivity contribution in [1.29, 1.82) is 0 Å². The molecule has 1 aromatic rings. The van der Waals surface area contributed by atoms with Gasteiger partial charge in [0.25, 0.3) is 0 Å². The molecule has 1 aromatic heterocycles. The average molecular weight is 399 g/mol. The molecule has 0 N–H and O–H groups in total. The van der Waals surface area contributed by atoms with Crippen LogP contribution in [0, 0.1) is 5.92 Å². The molecule has 1 saturated carbocycles. The van der Waals surface area contributed by atoms with Gasteiger partial charge in [-0.05, 0) is 76.7 Å². The van der Waals surface area contributed by atoms with Crippen LogP contribution < -0.4 is 0 Å². The fourth-order valence-electron chi connectivity index (χ4n) is 5.78. The van der Waals surface area contributed by atoms with E-state index in [1.807, 2.05) is 18.5 Å². The Balaban J connectivity index is 1.28. The molecule has 2 saturated heterocycles. The Hall–Kier alpha value is -1.46. The Morgan fingerprint density at radius 3 is 2.59 bits per heavy atom. The molecular weight excluding hydrogens is 360 g/mol. The second-order valence-corrected chi connectivity index (χ2v) is 9.27. The van der Waals surface area contributed by atoms with E-state index in [1.165, 1.54) is 57.1 Å². The number of hydrogen-bond donors (Lipinski definition) is 0. The fourth-order valence-corrected chi connectivity index (χ4v) is 5.78. The Labute approximate surface area is 176 Å². The number of pyridine rings is 1. The normalized spacial score (nSPS) is 25.3. The average Bonchev–Trinajstić information content (AvgIpc) is 3.30. The molecule has 3 fully saturated rings. The van der Waals surface area contributed by atoms with Gasteiger partial charge in [-0.15, -0.1) is 0 Å². The molecule has 0 bridgehead atoms. The van der Waals surface area contributed by atoms with E-state index in [0.717, 1.165) is 39.1 Å². The molecule has 29 heavy (non-hydrogen) atoms. The van der Waals surface area contributed by atoms with Crippen LogP contribution in [-0.4, -0.2) is 70.4 Å². The zero-order valence-corrected chi connectivity index (χ0v) is 18.1. The third-order valence-corrected chi connectivity index (χ3v) is 7.39. The highest BCUT2D eigenvalue weighted by Gasteiger charge is 2.35. The lowest BCUT2D eigenvalue weighted by molar-refractivity contribution is -0.140. The van der Waals surface area contributed by atoms with Crippen LogP contribution in [0.1, 0.15) is 63.9 Å². The first-order chi connectivity index (χ1) is 14.2. The van der Waals surface area contributed by atoms with Crippen molar-refractivity contribution in [2.75, 3.05) is 32.7 Å². The van der Waals surface area contributed by atoms with E-state index >= 15 is 0 Å². The van der Waals surface area contributed by atoms with Gasteiger partial charge >= 0.3 is 0 Å². The van der Waals surface area contributed by atoms with Crippen molar-refractivity contribution in [1.82, 2.24) is 19.7 Å². The third kappa shape index (κ3) is 5.18. The van der Waals surface area contributed by atoms with Crippen molar-refractivity contribution in [2.45, 2.75) is 76.9 Å². The summed E-state index contributed by atoms with van der Waals surface area (Å²) in [5.74, 6) is 0.663. The summed E-state index contributed by atoms with van der Waals surface area (Å²) in [5, 5.41) is 0. The summed E-state index contributed by atoms with van der Waals surface area (Å²) < 4.78 is 0. The molecule has 1 atom stereocenters. The molecule has 3 aliphatic rings. The third-order valence-electron chi connectivity index (χ3n) is 7.39. The van der Waals surface area contributed by atoms with Crippen LogP contribution in [-0.2, 0) is 11.3 Å². The van der Waals surface area contributed by atoms with E-state index in [9.17, 15) is 4.79 Å². The number of hydrogen-bond acceptors (Lipinski definition) is 4. The number of carbonyl (C=O) groups is 1. The van der Waals surface area contributed by atoms with Gasteiger partial charge in [0, 0.05) is 44.1 Å². The Kier molecular flexibility index (Phi) is 7.20. The van der Waals surface area contributed by atoms with Crippen LogP contribution in [0.4, 0.5) is 0 Å². The summed E-state index contributed by atoms with van der Waals surface area (Å²) in [7, 11) is 0. The minimum atomic E-state index is 0.220. The molecular formula is C24H38N4O. The molecule has 0 unspecified atom stereocenters. The van der Waals surface area contributed by atoms with E-state index in [4.69, 9.17) is 0 Å². The first-order valence-electron chi connectivity index (χ1n) is 11.9. The van der Waals surface area contributed by atoms with Crippen LogP contribution >= 0.6 is 0 Å². The summed E-state index contributed by atoms with van der Waals surface area (Å²) in [6, 6.07) is 5.36. The molecule has 2 aliphatic heterocycles.